The maximum Gasteiger partial charge on any atom is 0.415 e. The Kier molecular flexibility index (Phi) is 8.05. The van der Waals surface area contributed by atoms with E-state index in [2.05, 4.69) is 9.62 Å². The van der Waals surface area contributed by atoms with Crippen molar-refractivity contribution < 1.29 is 26.8 Å². The van der Waals surface area contributed by atoms with Crippen LogP contribution in [0.1, 0.15) is 16.7 Å². The van der Waals surface area contributed by atoms with Gasteiger partial charge in [-0.3, -0.25) is 4.72 Å². The summed E-state index contributed by atoms with van der Waals surface area (Å²) < 4.78 is 51.7. The van der Waals surface area contributed by atoms with Crippen molar-refractivity contribution in [2.24, 2.45) is 0 Å². The summed E-state index contributed by atoms with van der Waals surface area (Å²) in [6.45, 7) is 3.00. The molecule has 0 saturated carbocycles. The van der Waals surface area contributed by atoms with Crippen molar-refractivity contribution in [3.8, 4) is 5.75 Å². The lowest BCUT2D eigenvalue weighted by atomic mass is 9.97. The second kappa shape index (κ2) is 11.1. The molecule has 1 amide bonds. The molecule has 0 aliphatic carbocycles. The van der Waals surface area contributed by atoms with Crippen molar-refractivity contribution in [1.29, 1.82) is 0 Å². The molecule has 0 atom stereocenters. The Morgan fingerprint density at radius 2 is 1.84 bits per heavy atom. The van der Waals surface area contributed by atoms with Gasteiger partial charge < -0.3 is 23.9 Å². The molecule has 0 bridgehead atoms. The highest BCUT2D eigenvalue weighted by Crippen LogP contribution is 2.28. The van der Waals surface area contributed by atoms with Crippen LogP contribution in [-0.4, -0.2) is 82.8 Å². The number of hydrogen-bond donors (Lipinski definition) is 1. The zero-order valence-electron chi connectivity index (χ0n) is 21.8. The van der Waals surface area contributed by atoms with E-state index in [4.69, 9.17) is 9.15 Å². The largest absolute Gasteiger partial charge is 0.422 e. The molecule has 0 spiro atoms. The van der Waals surface area contributed by atoms with Gasteiger partial charge in [0.05, 0.1) is 11.9 Å². The van der Waals surface area contributed by atoms with Gasteiger partial charge in [0.1, 0.15) is 11.3 Å². The van der Waals surface area contributed by atoms with E-state index in [1.807, 2.05) is 26.0 Å². The summed E-state index contributed by atoms with van der Waals surface area (Å²) in [5, 5.41) is 0.624. The minimum atomic E-state index is -3.69. The maximum atomic E-state index is 15.2. The molecule has 204 valence electrons. The van der Waals surface area contributed by atoms with Crippen molar-refractivity contribution in [2.75, 3.05) is 58.3 Å². The highest BCUT2D eigenvalue weighted by Gasteiger charge is 2.23. The van der Waals surface area contributed by atoms with Gasteiger partial charge in [0.2, 0.25) is 10.0 Å². The van der Waals surface area contributed by atoms with E-state index >= 15 is 4.39 Å². The lowest BCUT2D eigenvalue weighted by Gasteiger charge is -2.31. The van der Waals surface area contributed by atoms with Crippen molar-refractivity contribution in [2.45, 2.75) is 13.0 Å². The molecule has 1 aliphatic rings. The number of amides is 1. The van der Waals surface area contributed by atoms with Crippen LogP contribution >= 0.6 is 0 Å². The van der Waals surface area contributed by atoms with Crippen molar-refractivity contribution in [3.05, 3.63) is 69.3 Å². The highest BCUT2D eigenvalue weighted by molar-refractivity contribution is 7.92. The van der Waals surface area contributed by atoms with Crippen LogP contribution in [0.4, 0.5) is 14.9 Å². The summed E-state index contributed by atoms with van der Waals surface area (Å²) in [5.41, 5.74) is 0.423. The molecule has 2 aromatic carbocycles. The van der Waals surface area contributed by atoms with Gasteiger partial charge in [0.15, 0.2) is 5.82 Å². The molecular formula is C26H31FN4O6S. The predicted molar refractivity (Wildman–Crippen MR) is 143 cm³/mol. The third kappa shape index (κ3) is 6.50. The fourth-order valence-corrected chi connectivity index (χ4v) is 4.92. The minimum absolute atomic E-state index is 0.104. The number of carbonyl (C=O) groups is 1. The fraction of sp³-hybridized carbons (Fsp3) is 0.385. The van der Waals surface area contributed by atoms with Crippen molar-refractivity contribution >= 4 is 32.8 Å². The Balaban J connectivity index is 1.68. The van der Waals surface area contributed by atoms with Gasteiger partial charge in [-0.15, -0.1) is 0 Å². The second-order valence-corrected chi connectivity index (χ2v) is 11.5. The molecule has 12 heteroatoms. The van der Waals surface area contributed by atoms with Crippen LogP contribution in [-0.2, 0) is 23.0 Å². The predicted octanol–water partition coefficient (Wildman–Crippen LogP) is 2.70. The van der Waals surface area contributed by atoms with Gasteiger partial charge in [0, 0.05) is 56.2 Å². The number of sulfonamides is 1. The first-order chi connectivity index (χ1) is 17.9. The molecule has 4 rings (SSSR count). The first-order valence-electron chi connectivity index (χ1n) is 12.0. The molecule has 10 nitrogen and oxygen atoms in total. The van der Waals surface area contributed by atoms with Gasteiger partial charge in [-0.05, 0) is 50.5 Å². The third-order valence-corrected chi connectivity index (χ3v) is 6.86. The van der Waals surface area contributed by atoms with Crippen LogP contribution < -0.4 is 15.1 Å². The number of nitrogens with one attached hydrogen (secondary N) is 1. The second-order valence-electron chi connectivity index (χ2n) is 9.73. The SMILES string of the molecule is CN(C)Cc1c(Cc2cccc(NS(C)(=O)=O)c2F)c(=O)oc2cc(OC(=O)N3CCN(C)CC3)ccc12. The summed E-state index contributed by atoms with van der Waals surface area (Å²) in [6, 6.07) is 9.18. The van der Waals surface area contributed by atoms with Crippen LogP contribution in [0.5, 0.6) is 5.75 Å². The van der Waals surface area contributed by atoms with E-state index < -0.39 is 27.6 Å². The van der Waals surface area contributed by atoms with Crippen LogP contribution in [0.3, 0.4) is 0 Å². The monoisotopic (exact) mass is 546 g/mol. The number of halogens is 1. The summed E-state index contributed by atoms with van der Waals surface area (Å²) in [4.78, 5) is 31.4. The molecule has 1 N–H and O–H groups in total. The van der Waals surface area contributed by atoms with E-state index in [0.29, 0.717) is 30.6 Å². The van der Waals surface area contributed by atoms with Crippen molar-refractivity contribution in [3.63, 3.8) is 0 Å². The quantitative estimate of drug-likeness (QED) is 0.451. The summed E-state index contributed by atoms with van der Waals surface area (Å²) in [6.07, 6.45) is 0.360. The number of likely N-dealkylation sites (N-methyl/N-ethyl adjacent to an activating group) is 1. The van der Waals surface area contributed by atoms with Gasteiger partial charge in [-0.1, -0.05) is 12.1 Å². The van der Waals surface area contributed by atoms with E-state index in [1.165, 1.54) is 24.3 Å². The third-order valence-electron chi connectivity index (χ3n) is 6.27. The first kappa shape index (κ1) is 27.6. The topological polar surface area (TPSA) is 112 Å². The zero-order valence-corrected chi connectivity index (χ0v) is 22.6. The van der Waals surface area contributed by atoms with E-state index in [-0.39, 0.29) is 34.6 Å². The van der Waals surface area contributed by atoms with Gasteiger partial charge in [-0.25, -0.2) is 22.4 Å². The average molecular weight is 547 g/mol. The molecule has 0 unspecified atom stereocenters. The van der Waals surface area contributed by atoms with Gasteiger partial charge in [0.25, 0.3) is 0 Å². The van der Waals surface area contributed by atoms with Crippen molar-refractivity contribution in [1.82, 2.24) is 14.7 Å². The molecular weight excluding hydrogens is 515 g/mol. The number of benzene rings is 2. The Morgan fingerprint density at radius 1 is 1.13 bits per heavy atom. The number of fused-ring (bicyclic) bond motifs is 1. The summed E-state index contributed by atoms with van der Waals surface area (Å²) in [5.74, 6) is -0.516. The standard InChI is InChI=1S/C26H31FN4O6S/c1-29(2)16-21-19-9-8-18(36-26(33)31-12-10-30(3)11-13-31)15-23(19)37-25(32)20(21)14-17-6-5-7-22(24(17)27)28-38(4,34)35/h5-9,15,28H,10-14,16H2,1-4H3. The number of ether oxygens (including phenoxy) is 1. The van der Waals surface area contributed by atoms with Crippen LogP contribution in [0, 0.1) is 5.82 Å². The number of hydrogen-bond acceptors (Lipinski definition) is 8. The molecule has 2 heterocycles. The Bertz CT molecular complexity index is 1510. The fourth-order valence-electron chi connectivity index (χ4n) is 4.36. The number of anilines is 1. The van der Waals surface area contributed by atoms with Gasteiger partial charge >= 0.3 is 11.7 Å². The summed E-state index contributed by atoms with van der Waals surface area (Å²) in [7, 11) is 1.98. The van der Waals surface area contributed by atoms with Gasteiger partial charge in [-0.2, -0.15) is 0 Å². The van der Waals surface area contributed by atoms with E-state index in [1.54, 1.807) is 17.0 Å². The Labute approximate surface area is 220 Å². The smallest absolute Gasteiger partial charge is 0.415 e. The molecule has 1 fully saturated rings. The minimum Gasteiger partial charge on any atom is -0.422 e. The maximum absolute atomic E-state index is 15.2. The Hall–Kier alpha value is -3.48. The average Bonchev–Trinajstić information content (AvgIpc) is 2.82. The molecule has 1 saturated heterocycles. The number of carbonyl (C=O) groups excluding carboxylic acids is 1. The van der Waals surface area contributed by atoms with E-state index in [9.17, 15) is 18.0 Å². The molecule has 1 aromatic heterocycles. The molecule has 1 aliphatic heterocycles. The number of piperazine rings is 1. The van der Waals surface area contributed by atoms with Crippen LogP contribution in [0.25, 0.3) is 11.0 Å². The lowest BCUT2D eigenvalue weighted by Crippen LogP contribution is -2.48. The van der Waals surface area contributed by atoms with Crippen LogP contribution in [0.15, 0.2) is 45.6 Å². The van der Waals surface area contributed by atoms with E-state index in [0.717, 1.165) is 19.3 Å². The first-order valence-corrected chi connectivity index (χ1v) is 13.9. The number of rotatable bonds is 7. The highest BCUT2D eigenvalue weighted by atomic mass is 32.2. The lowest BCUT2D eigenvalue weighted by molar-refractivity contribution is 0.120. The normalized spacial score (nSPS) is 14.7. The summed E-state index contributed by atoms with van der Waals surface area (Å²) >= 11 is 0. The Morgan fingerprint density at radius 3 is 2.50 bits per heavy atom. The molecule has 0 radical (unpaired) electrons. The van der Waals surface area contributed by atoms with Crippen LogP contribution in [0.2, 0.25) is 0 Å². The molecule has 38 heavy (non-hydrogen) atoms. The molecule has 3 aromatic rings. The zero-order chi connectivity index (χ0) is 27.6. The number of nitrogens with zero attached hydrogens (tertiary/aromatic N) is 3.